The Morgan fingerprint density at radius 2 is 1.93 bits per heavy atom. The molecule has 1 amide bonds. The van der Waals surface area contributed by atoms with E-state index in [1.54, 1.807) is 24.0 Å². The van der Waals surface area contributed by atoms with E-state index in [1.165, 1.54) is 5.57 Å². The minimum Gasteiger partial charge on any atom is -0.507 e. The number of benzene rings is 1. The molecule has 1 aromatic rings. The number of hydrogen-bond donors (Lipinski definition) is 2. The third-order valence-corrected chi connectivity index (χ3v) is 5.92. The average Bonchev–Trinajstić information content (AvgIpc) is 2.57. The van der Waals surface area contributed by atoms with Gasteiger partial charge in [-0.05, 0) is 69.6 Å². The Kier molecular flexibility index (Phi) is 6.01. The number of aromatic hydroxyl groups is 2. The quantitative estimate of drug-likeness (QED) is 0.718. The first kappa shape index (κ1) is 20.3. The van der Waals surface area contributed by atoms with Crippen LogP contribution >= 0.6 is 0 Å². The monoisotopic (exact) mass is 385 g/mol. The highest BCUT2D eigenvalue weighted by atomic mass is 16.6. The number of amides is 1. The van der Waals surface area contributed by atoms with Crippen molar-refractivity contribution in [3.63, 3.8) is 0 Å². The molecule has 2 aliphatic rings. The highest BCUT2D eigenvalue weighted by molar-refractivity contribution is 5.68. The second-order valence-electron chi connectivity index (χ2n) is 8.25. The van der Waals surface area contributed by atoms with Gasteiger partial charge in [0.15, 0.2) is 0 Å². The van der Waals surface area contributed by atoms with Gasteiger partial charge < -0.3 is 19.8 Å². The molecule has 2 N–H and O–H groups in total. The van der Waals surface area contributed by atoms with Crippen molar-refractivity contribution in [2.45, 2.75) is 46.0 Å². The molecule has 3 rings (SSSR count). The Morgan fingerprint density at radius 3 is 2.50 bits per heavy atom. The van der Waals surface area contributed by atoms with Crippen LogP contribution in [0.1, 0.15) is 50.7 Å². The van der Waals surface area contributed by atoms with Gasteiger partial charge >= 0.3 is 6.09 Å². The van der Waals surface area contributed by atoms with E-state index in [-0.39, 0.29) is 29.4 Å². The normalized spacial score (nSPS) is 22.4. The number of hydrogen-bond acceptors (Lipinski definition) is 4. The number of likely N-dealkylation sites (tertiary alicyclic amines) is 1. The minimum absolute atomic E-state index is 0.0525. The summed E-state index contributed by atoms with van der Waals surface area (Å²) in [6.07, 6.45) is 4.59. The van der Waals surface area contributed by atoms with Crippen LogP contribution in [0.25, 0.3) is 0 Å². The molecule has 1 fully saturated rings. The third-order valence-electron chi connectivity index (χ3n) is 5.92. The lowest BCUT2D eigenvalue weighted by Gasteiger charge is -2.38. The van der Waals surface area contributed by atoms with E-state index < -0.39 is 0 Å². The van der Waals surface area contributed by atoms with E-state index in [2.05, 4.69) is 19.6 Å². The van der Waals surface area contributed by atoms with E-state index in [9.17, 15) is 15.0 Å². The number of ether oxygens (including phenoxy) is 1. The van der Waals surface area contributed by atoms with Crippen molar-refractivity contribution in [1.82, 2.24) is 4.90 Å². The Hall–Kier alpha value is -2.43. The molecule has 0 aromatic heterocycles. The van der Waals surface area contributed by atoms with Gasteiger partial charge in [0.05, 0.1) is 6.61 Å². The summed E-state index contributed by atoms with van der Waals surface area (Å²) in [4.78, 5) is 13.4. The van der Waals surface area contributed by atoms with Crippen molar-refractivity contribution in [1.29, 1.82) is 0 Å². The maximum absolute atomic E-state index is 11.7. The summed E-state index contributed by atoms with van der Waals surface area (Å²) < 4.78 is 5.00. The molecule has 1 saturated heterocycles. The highest BCUT2D eigenvalue weighted by Gasteiger charge is 2.33. The number of phenolic OH excluding ortho intramolecular Hbond substituents is 2. The minimum atomic E-state index is -0.273. The Balaban J connectivity index is 1.74. The van der Waals surface area contributed by atoms with Crippen molar-refractivity contribution < 1.29 is 19.7 Å². The molecule has 0 spiro atoms. The first-order valence-corrected chi connectivity index (χ1v) is 10.1. The Labute approximate surface area is 167 Å². The van der Waals surface area contributed by atoms with E-state index in [0.717, 1.165) is 24.0 Å². The van der Waals surface area contributed by atoms with Gasteiger partial charge in [0.25, 0.3) is 0 Å². The van der Waals surface area contributed by atoms with Gasteiger partial charge in [-0.3, -0.25) is 0 Å². The van der Waals surface area contributed by atoms with Crippen LogP contribution in [0.4, 0.5) is 4.79 Å². The molecule has 0 unspecified atom stereocenters. The van der Waals surface area contributed by atoms with Crippen LogP contribution in [0.2, 0.25) is 0 Å². The number of nitrogens with zero attached hydrogens (tertiary/aromatic N) is 1. The van der Waals surface area contributed by atoms with Gasteiger partial charge in [-0.25, -0.2) is 4.79 Å². The third kappa shape index (κ3) is 4.18. The predicted octanol–water partition coefficient (Wildman–Crippen LogP) is 4.74. The Morgan fingerprint density at radius 1 is 1.29 bits per heavy atom. The molecule has 0 saturated carbocycles. The van der Waals surface area contributed by atoms with Gasteiger partial charge in [0, 0.05) is 24.6 Å². The SMILES string of the molecule is C=C(C)[C@@H]1CCC(C)=C[C@H]1c1c(O)cc(CC2CN(C(=O)OCC)C2)cc1O. The van der Waals surface area contributed by atoms with Gasteiger partial charge in [-0.2, -0.15) is 0 Å². The van der Waals surface area contributed by atoms with Crippen LogP contribution < -0.4 is 0 Å². The van der Waals surface area contributed by atoms with Crippen LogP contribution in [0.15, 0.2) is 35.9 Å². The maximum Gasteiger partial charge on any atom is 0.409 e. The molecule has 28 heavy (non-hydrogen) atoms. The maximum atomic E-state index is 11.7. The van der Waals surface area contributed by atoms with Crippen LogP contribution in [0.3, 0.4) is 0 Å². The van der Waals surface area contributed by atoms with Crippen LogP contribution in [0, 0.1) is 11.8 Å². The average molecular weight is 386 g/mol. The van der Waals surface area contributed by atoms with Crippen LogP contribution in [-0.4, -0.2) is 40.9 Å². The second-order valence-corrected chi connectivity index (χ2v) is 8.25. The summed E-state index contributed by atoms with van der Waals surface area (Å²) in [5, 5.41) is 21.4. The van der Waals surface area contributed by atoms with Gasteiger partial charge in [0.2, 0.25) is 0 Å². The standard InChI is InChI=1S/C23H31NO4/c1-5-28-23(27)24-12-17(13-24)9-16-10-20(25)22(21(26)11-16)19-8-15(4)6-7-18(19)14(2)3/h8,10-11,17-19,25-26H,2,5-7,9,12-13H2,1,3-4H3/t18-,19+/m0/s1. The van der Waals surface area contributed by atoms with Crippen molar-refractivity contribution in [3.05, 3.63) is 47.1 Å². The van der Waals surface area contributed by atoms with E-state index in [4.69, 9.17) is 4.74 Å². The fourth-order valence-corrected chi connectivity index (χ4v) is 4.44. The summed E-state index contributed by atoms with van der Waals surface area (Å²) >= 11 is 0. The van der Waals surface area contributed by atoms with E-state index in [0.29, 0.717) is 37.6 Å². The molecule has 1 aliphatic carbocycles. The first-order valence-electron chi connectivity index (χ1n) is 10.1. The summed E-state index contributed by atoms with van der Waals surface area (Å²) in [5.74, 6) is 0.756. The molecular weight excluding hydrogens is 354 g/mol. The fourth-order valence-electron chi connectivity index (χ4n) is 4.44. The summed E-state index contributed by atoms with van der Waals surface area (Å²) in [5.41, 5.74) is 3.83. The molecule has 0 bridgehead atoms. The van der Waals surface area contributed by atoms with Crippen LogP contribution in [-0.2, 0) is 11.2 Å². The van der Waals surface area contributed by atoms with Crippen molar-refractivity contribution >= 4 is 6.09 Å². The number of allylic oxidation sites excluding steroid dienone is 3. The van der Waals surface area contributed by atoms with E-state index in [1.807, 2.05) is 6.92 Å². The molecule has 2 atom stereocenters. The highest BCUT2D eigenvalue weighted by Crippen LogP contribution is 2.46. The fraction of sp³-hybridized carbons (Fsp3) is 0.522. The zero-order valence-electron chi connectivity index (χ0n) is 17.1. The predicted molar refractivity (Wildman–Crippen MR) is 110 cm³/mol. The zero-order valence-corrected chi connectivity index (χ0v) is 17.1. The number of phenols is 2. The second kappa shape index (κ2) is 8.29. The molecule has 1 aliphatic heterocycles. The number of carbonyl (C=O) groups is 1. The molecule has 1 heterocycles. The lowest BCUT2D eigenvalue weighted by atomic mass is 9.73. The Bertz CT molecular complexity index is 769. The zero-order chi connectivity index (χ0) is 20.4. The largest absolute Gasteiger partial charge is 0.507 e. The van der Waals surface area contributed by atoms with Crippen molar-refractivity contribution in [2.24, 2.45) is 11.8 Å². The molecular formula is C23H31NO4. The van der Waals surface area contributed by atoms with Crippen molar-refractivity contribution in [3.8, 4) is 11.5 Å². The van der Waals surface area contributed by atoms with Gasteiger partial charge in [-0.1, -0.05) is 23.8 Å². The smallest absolute Gasteiger partial charge is 0.409 e. The molecule has 0 radical (unpaired) electrons. The molecule has 5 nitrogen and oxygen atoms in total. The summed E-state index contributed by atoms with van der Waals surface area (Å²) in [6, 6.07) is 3.52. The molecule has 152 valence electrons. The summed E-state index contributed by atoms with van der Waals surface area (Å²) in [6.45, 7) is 11.7. The van der Waals surface area contributed by atoms with Gasteiger partial charge in [-0.15, -0.1) is 0 Å². The first-order chi connectivity index (χ1) is 13.3. The molecule has 5 heteroatoms. The molecule has 1 aromatic carbocycles. The number of carbonyl (C=O) groups excluding carboxylic acids is 1. The van der Waals surface area contributed by atoms with Crippen molar-refractivity contribution in [2.75, 3.05) is 19.7 Å². The summed E-state index contributed by atoms with van der Waals surface area (Å²) in [7, 11) is 0. The van der Waals surface area contributed by atoms with Crippen LogP contribution in [0.5, 0.6) is 11.5 Å². The topological polar surface area (TPSA) is 70.0 Å². The lowest BCUT2D eigenvalue weighted by Crippen LogP contribution is -2.50. The number of rotatable bonds is 5. The van der Waals surface area contributed by atoms with Gasteiger partial charge in [0.1, 0.15) is 11.5 Å². The lowest BCUT2D eigenvalue weighted by molar-refractivity contribution is 0.0570. The van der Waals surface area contributed by atoms with E-state index >= 15 is 0 Å².